The first-order chi connectivity index (χ1) is 11.2. The average Bonchev–Trinajstić information content (AvgIpc) is 2.97. The Bertz CT molecular complexity index is 796. The van der Waals surface area contributed by atoms with Gasteiger partial charge < -0.3 is 19.4 Å². The zero-order valence-corrected chi connectivity index (χ0v) is 13.5. The Labute approximate surface area is 135 Å². The van der Waals surface area contributed by atoms with E-state index in [2.05, 4.69) is 15.5 Å². The van der Waals surface area contributed by atoms with Crippen molar-refractivity contribution in [1.29, 1.82) is 0 Å². The van der Waals surface area contributed by atoms with Crippen LogP contribution in [0.1, 0.15) is 12.5 Å². The van der Waals surface area contributed by atoms with Crippen LogP contribution >= 0.6 is 0 Å². The minimum Gasteiger partial charge on any atom is -0.497 e. The Morgan fingerprint density at radius 2 is 1.91 bits per heavy atom. The molecule has 0 spiro atoms. The van der Waals surface area contributed by atoms with E-state index in [0.29, 0.717) is 19.0 Å². The van der Waals surface area contributed by atoms with Crippen LogP contribution in [0.5, 0.6) is 11.6 Å². The van der Waals surface area contributed by atoms with Crippen molar-refractivity contribution in [1.82, 2.24) is 14.8 Å². The summed E-state index contributed by atoms with van der Waals surface area (Å²) >= 11 is 0. The molecule has 0 bridgehead atoms. The lowest BCUT2D eigenvalue weighted by Gasteiger charge is -2.10. The summed E-state index contributed by atoms with van der Waals surface area (Å²) in [5.41, 5.74) is 2.09. The van der Waals surface area contributed by atoms with E-state index in [-0.39, 0.29) is 0 Å². The number of aromatic nitrogens is 3. The standard InChI is InChI=1S/C17H20N4O2/c1-4-23-17-15-14(9-10-21(15)2)16(19-20-17)18-11-12-5-7-13(22-3)8-6-12/h5-10H,4,11H2,1-3H3,(H,18,19). The largest absolute Gasteiger partial charge is 0.497 e. The molecule has 120 valence electrons. The summed E-state index contributed by atoms with van der Waals surface area (Å²) < 4.78 is 12.7. The number of rotatable bonds is 6. The fourth-order valence-corrected chi connectivity index (χ4v) is 2.48. The summed E-state index contributed by atoms with van der Waals surface area (Å²) in [5, 5.41) is 12.8. The molecule has 0 saturated carbocycles. The van der Waals surface area contributed by atoms with Crippen molar-refractivity contribution >= 4 is 16.7 Å². The monoisotopic (exact) mass is 312 g/mol. The van der Waals surface area contributed by atoms with Gasteiger partial charge >= 0.3 is 0 Å². The number of benzene rings is 1. The van der Waals surface area contributed by atoms with Crippen LogP contribution in [-0.4, -0.2) is 28.5 Å². The normalized spacial score (nSPS) is 10.7. The minimum absolute atomic E-state index is 0.560. The molecular formula is C17H20N4O2. The summed E-state index contributed by atoms with van der Waals surface area (Å²) in [7, 11) is 3.63. The summed E-state index contributed by atoms with van der Waals surface area (Å²) in [6.45, 7) is 3.16. The number of nitrogens with one attached hydrogen (secondary N) is 1. The molecule has 0 aliphatic rings. The van der Waals surface area contributed by atoms with Gasteiger partial charge in [-0.05, 0) is 30.7 Å². The van der Waals surface area contributed by atoms with E-state index in [1.807, 2.05) is 55.1 Å². The molecule has 2 heterocycles. The summed E-state index contributed by atoms with van der Waals surface area (Å²) in [6, 6.07) is 9.95. The van der Waals surface area contributed by atoms with Crippen LogP contribution in [0.25, 0.3) is 10.9 Å². The Morgan fingerprint density at radius 1 is 1.13 bits per heavy atom. The van der Waals surface area contributed by atoms with Gasteiger partial charge in [0.15, 0.2) is 5.82 Å². The van der Waals surface area contributed by atoms with Crippen LogP contribution in [0.15, 0.2) is 36.5 Å². The van der Waals surface area contributed by atoms with Gasteiger partial charge in [-0.3, -0.25) is 0 Å². The first kappa shape index (κ1) is 15.1. The van der Waals surface area contributed by atoms with Gasteiger partial charge in [0.1, 0.15) is 11.3 Å². The van der Waals surface area contributed by atoms with E-state index in [0.717, 1.165) is 28.0 Å². The predicted octanol–water partition coefficient (Wildman–Crippen LogP) is 2.99. The average molecular weight is 312 g/mol. The van der Waals surface area contributed by atoms with Gasteiger partial charge in [0.25, 0.3) is 5.88 Å². The Kier molecular flexibility index (Phi) is 4.32. The summed E-state index contributed by atoms with van der Waals surface area (Å²) in [4.78, 5) is 0. The van der Waals surface area contributed by atoms with Crippen LogP contribution < -0.4 is 14.8 Å². The van der Waals surface area contributed by atoms with E-state index in [1.54, 1.807) is 7.11 Å². The van der Waals surface area contributed by atoms with Gasteiger partial charge in [0.05, 0.1) is 13.7 Å². The fraction of sp³-hybridized carbons (Fsp3) is 0.294. The fourth-order valence-electron chi connectivity index (χ4n) is 2.48. The van der Waals surface area contributed by atoms with E-state index < -0.39 is 0 Å². The lowest BCUT2D eigenvalue weighted by molar-refractivity contribution is 0.326. The second-order valence-electron chi connectivity index (χ2n) is 5.18. The SMILES string of the molecule is CCOc1nnc(NCc2ccc(OC)cc2)c2ccn(C)c12. The summed E-state index contributed by atoms with van der Waals surface area (Å²) in [6.07, 6.45) is 1.98. The van der Waals surface area contributed by atoms with E-state index in [1.165, 1.54) is 0 Å². The molecular weight excluding hydrogens is 292 g/mol. The number of nitrogens with zero attached hydrogens (tertiary/aromatic N) is 3. The van der Waals surface area contributed by atoms with E-state index >= 15 is 0 Å². The van der Waals surface area contributed by atoms with Crippen LogP contribution in [0, 0.1) is 0 Å². The number of ether oxygens (including phenoxy) is 2. The number of methoxy groups -OCH3 is 1. The zero-order chi connectivity index (χ0) is 16.2. The van der Waals surface area contributed by atoms with Crippen molar-refractivity contribution in [3.05, 3.63) is 42.1 Å². The first-order valence-electron chi connectivity index (χ1n) is 7.54. The Morgan fingerprint density at radius 3 is 2.61 bits per heavy atom. The van der Waals surface area contributed by atoms with Crippen molar-refractivity contribution in [2.24, 2.45) is 7.05 Å². The highest BCUT2D eigenvalue weighted by Gasteiger charge is 2.13. The van der Waals surface area contributed by atoms with Crippen LogP contribution in [0.4, 0.5) is 5.82 Å². The summed E-state index contributed by atoms with van der Waals surface area (Å²) in [5.74, 6) is 2.16. The molecule has 0 amide bonds. The molecule has 6 nitrogen and oxygen atoms in total. The third-order valence-corrected chi connectivity index (χ3v) is 3.67. The maximum absolute atomic E-state index is 5.57. The van der Waals surface area contributed by atoms with Gasteiger partial charge in [-0.1, -0.05) is 12.1 Å². The van der Waals surface area contributed by atoms with Crippen molar-refractivity contribution in [2.45, 2.75) is 13.5 Å². The molecule has 3 rings (SSSR count). The maximum atomic E-state index is 5.57. The molecule has 0 unspecified atom stereocenters. The zero-order valence-electron chi connectivity index (χ0n) is 13.5. The number of aryl methyl sites for hydroxylation is 1. The lowest BCUT2D eigenvalue weighted by atomic mass is 10.2. The van der Waals surface area contributed by atoms with E-state index in [4.69, 9.17) is 9.47 Å². The molecule has 1 N–H and O–H groups in total. The molecule has 3 aromatic rings. The molecule has 23 heavy (non-hydrogen) atoms. The quantitative estimate of drug-likeness (QED) is 0.758. The smallest absolute Gasteiger partial charge is 0.258 e. The minimum atomic E-state index is 0.560. The molecule has 0 radical (unpaired) electrons. The third-order valence-electron chi connectivity index (χ3n) is 3.67. The lowest BCUT2D eigenvalue weighted by Crippen LogP contribution is -2.05. The number of hydrogen-bond acceptors (Lipinski definition) is 5. The topological polar surface area (TPSA) is 61.2 Å². The van der Waals surface area contributed by atoms with Crippen molar-refractivity contribution in [3.63, 3.8) is 0 Å². The second-order valence-corrected chi connectivity index (χ2v) is 5.18. The van der Waals surface area contributed by atoms with Gasteiger partial charge in [-0.2, -0.15) is 0 Å². The third kappa shape index (κ3) is 3.06. The highest BCUT2D eigenvalue weighted by molar-refractivity contribution is 5.93. The highest BCUT2D eigenvalue weighted by Crippen LogP contribution is 2.28. The predicted molar refractivity (Wildman–Crippen MR) is 90.0 cm³/mol. The van der Waals surface area contributed by atoms with E-state index in [9.17, 15) is 0 Å². The van der Waals surface area contributed by atoms with Gasteiger partial charge in [-0.25, -0.2) is 0 Å². The van der Waals surface area contributed by atoms with Crippen LogP contribution in [0.3, 0.4) is 0 Å². The number of anilines is 1. The van der Waals surface area contributed by atoms with Gasteiger partial charge in [0, 0.05) is 25.2 Å². The molecule has 6 heteroatoms. The molecule has 0 atom stereocenters. The molecule has 0 fully saturated rings. The molecule has 0 aliphatic heterocycles. The molecule has 0 saturated heterocycles. The van der Waals surface area contributed by atoms with Crippen molar-refractivity contribution in [3.8, 4) is 11.6 Å². The first-order valence-corrected chi connectivity index (χ1v) is 7.54. The number of fused-ring (bicyclic) bond motifs is 1. The number of hydrogen-bond donors (Lipinski definition) is 1. The van der Waals surface area contributed by atoms with Crippen molar-refractivity contribution in [2.75, 3.05) is 19.0 Å². The maximum Gasteiger partial charge on any atom is 0.258 e. The Balaban J connectivity index is 1.84. The molecule has 2 aromatic heterocycles. The second kappa shape index (κ2) is 6.56. The van der Waals surface area contributed by atoms with Crippen LogP contribution in [0.2, 0.25) is 0 Å². The molecule has 0 aliphatic carbocycles. The van der Waals surface area contributed by atoms with Gasteiger partial charge in [-0.15, -0.1) is 10.2 Å². The molecule has 1 aromatic carbocycles. The van der Waals surface area contributed by atoms with Crippen LogP contribution in [-0.2, 0) is 13.6 Å². The van der Waals surface area contributed by atoms with Gasteiger partial charge in [0.2, 0.25) is 0 Å². The highest BCUT2D eigenvalue weighted by atomic mass is 16.5. The Hall–Kier alpha value is -2.76. The van der Waals surface area contributed by atoms with Crippen molar-refractivity contribution < 1.29 is 9.47 Å².